The summed E-state index contributed by atoms with van der Waals surface area (Å²) in [4.78, 5) is 17.9. The van der Waals surface area contributed by atoms with E-state index in [4.69, 9.17) is 9.15 Å². The first-order chi connectivity index (χ1) is 19.2. The van der Waals surface area contributed by atoms with Gasteiger partial charge < -0.3 is 19.2 Å². The number of ether oxygens (including phenoxy) is 1. The summed E-state index contributed by atoms with van der Waals surface area (Å²) in [7, 11) is 0. The Kier molecular flexibility index (Phi) is 7.82. The average molecular weight is 551 g/mol. The number of carboxylic acid groups (broad SMARTS) is 1. The highest BCUT2D eigenvalue weighted by atomic mass is 19.4. The lowest BCUT2D eigenvalue weighted by Gasteiger charge is -2.33. The maximum atomic E-state index is 13.0. The minimum atomic E-state index is -4.39. The number of fused-ring (bicyclic) bond motifs is 1. The topological polar surface area (TPSA) is 75.8 Å². The normalized spacial score (nSPS) is 13.2. The summed E-state index contributed by atoms with van der Waals surface area (Å²) in [5.74, 6) is 1.14. The first kappa shape index (κ1) is 27.3. The molecule has 6 nitrogen and oxygen atoms in total. The molecule has 1 aliphatic heterocycles. The molecule has 0 radical (unpaired) electrons. The zero-order valence-electron chi connectivity index (χ0n) is 22.0. The number of nitrogens with zero attached hydrogens (tertiary/aromatic N) is 2. The van der Waals surface area contributed by atoms with Crippen molar-refractivity contribution < 1.29 is 32.2 Å². The van der Waals surface area contributed by atoms with Crippen molar-refractivity contribution in [3.05, 3.63) is 100 Å². The van der Waals surface area contributed by atoms with E-state index in [0.29, 0.717) is 50.5 Å². The third-order valence-electron chi connectivity index (χ3n) is 7.14. The Morgan fingerprint density at radius 1 is 1.02 bits per heavy atom. The Morgan fingerprint density at radius 2 is 1.77 bits per heavy atom. The van der Waals surface area contributed by atoms with Gasteiger partial charge in [0.1, 0.15) is 11.5 Å². The number of aliphatic carboxylic acids is 1. The lowest BCUT2D eigenvalue weighted by atomic mass is 9.91. The van der Waals surface area contributed by atoms with Crippen LogP contribution in [0.25, 0.3) is 11.5 Å². The SMILES string of the molecule is Cc1oc(-c2ccccc2)nc1CCOc1ccc(CCC(=O)O)c2c1CCN(c1ccc(C(F)(F)F)cc1)C2. The van der Waals surface area contributed by atoms with Crippen LogP contribution in [0.4, 0.5) is 18.9 Å². The lowest BCUT2D eigenvalue weighted by Crippen LogP contribution is -2.31. The third-order valence-corrected chi connectivity index (χ3v) is 7.14. The minimum Gasteiger partial charge on any atom is -0.493 e. The molecule has 4 aromatic rings. The predicted molar refractivity (Wildman–Crippen MR) is 144 cm³/mol. The fourth-order valence-corrected chi connectivity index (χ4v) is 5.02. The number of aromatic nitrogens is 1. The number of halogens is 3. The van der Waals surface area contributed by atoms with Crippen LogP contribution in [-0.2, 0) is 36.8 Å². The zero-order valence-corrected chi connectivity index (χ0v) is 22.0. The third kappa shape index (κ3) is 6.14. The Morgan fingerprint density at radius 3 is 2.48 bits per heavy atom. The van der Waals surface area contributed by atoms with Gasteiger partial charge in [-0.25, -0.2) is 4.98 Å². The molecule has 0 aliphatic carbocycles. The van der Waals surface area contributed by atoms with Crippen LogP contribution in [0.5, 0.6) is 5.75 Å². The number of aryl methyl sites for hydroxylation is 2. The van der Waals surface area contributed by atoms with Crippen LogP contribution in [0, 0.1) is 6.92 Å². The van der Waals surface area contributed by atoms with Gasteiger partial charge in [-0.05, 0) is 73.4 Å². The lowest BCUT2D eigenvalue weighted by molar-refractivity contribution is -0.138. The Balaban J connectivity index is 1.33. The van der Waals surface area contributed by atoms with E-state index in [2.05, 4.69) is 4.98 Å². The van der Waals surface area contributed by atoms with Crippen LogP contribution < -0.4 is 9.64 Å². The van der Waals surface area contributed by atoms with Gasteiger partial charge in [0.15, 0.2) is 0 Å². The molecule has 9 heteroatoms. The van der Waals surface area contributed by atoms with Crippen LogP contribution >= 0.6 is 0 Å². The first-order valence-electron chi connectivity index (χ1n) is 13.1. The molecule has 0 spiro atoms. The second-order valence-electron chi connectivity index (χ2n) is 9.78. The second-order valence-corrected chi connectivity index (χ2v) is 9.78. The van der Waals surface area contributed by atoms with Crippen molar-refractivity contribution in [3.63, 3.8) is 0 Å². The molecule has 0 unspecified atom stereocenters. The fourth-order valence-electron chi connectivity index (χ4n) is 5.02. The van der Waals surface area contributed by atoms with Gasteiger partial charge in [-0.1, -0.05) is 24.3 Å². The molecule has 0 amide bonds. The number of benzene rings is 3. The molecule has 1 N–H and O–H groups in total. The van der Waals surface area contributed by atoms with Crippen molar-refractivity contribution in [2.45, 2.75) is 45.3 Å². The van der Waals surface area contributed by atoms with Gasteiger partial charge in [-0.3, -0.25) is 4.79 Å². The molecule has 0 atom stereocenters. The van der Waals surface area contributed by atoms with Crippen LogP contribution in [-0.4, -0.2) is 29.2 Å². The van der Waals surface area contributed by atoms with Crippen molar-refractivity contribution in [1.82, 2.24) is 4.98 Å². The number of oxazole rings is 1. The number of hydrogen-bond acceptors (Lipinski definition) is 5. The summed E-state index contributed by atoms with van der Waals surface area (Å²) in [5, 5.41) is 9.24. The van der Waals surface area contributed by atoms with Crippen molar-refractivity contribution in [1.29, 1.82) is 0 Å². The van der Waals surface area contributed by atoms with Crippen LogP contribution in [0.1, 0.15) is 40.1 Å². The van der Waals surface area contributed by atoms with Gasteiger partial charge in [0.25, 0.3) is 0 Å². The molecule has 1 aliphatic rings. The molecule has 0 saturated heterocycles. The van der Waals surface area contributed by atoms with E-state index in [1.54, 1.807) is 0 Å². The molecule has 40 heavy (non-hydrogen) atoms. The van der Waals surface area contributed by atoms with Crippen molar-refractivity contribution in [3.8, 4) is 17.2 Å². The molecular formula is C31H29F3N2O4. The largest absolute Gasteiger partial charge is 0.493 e. The second kappa shape index (κ2) is 11.5. The molecule has 1 aromatic heterocycles. The smallest absolute Gasteiger partial charge is 0.416 e. The standard InChI is InChI=1S/C31H29F3N2O4/c1-20-27(35-30(40-20)22-5-3-2-4-6-22)16-18-39-28-13-7-21(8-14-29(37)38)26-19-36(17-15-25(26)28)24-11-9-23(10-12-24)31(32,33)34/h2-7,9-13H,8,14-19H2,1H3,(H,37,38). The average Bonchev–Trinajstić information content (AvgIpc) is 3.32. The molecule has 0 bridgehead atoms. The van der Waals surface area contributed by atoms with Crippen molar-refractivity contribution in [2.75, 3.05) is 18.1 Å². The van der Waals surface area contributed by atoms with E-state index < -0.39 is 17.7 Å². The summed E-state index contributed by atoms with van der Waals surface area (Å²) < 4.78 is 51.2. The van der Waals surface area contributed by atoms with Gasteiger partial charge in [0.05, 0.1) is 17.9 Å². The summed E-state index contributed by atoms with van der Waals surface area (Å²) >= 11 is 0. The van der Waals surface area contributed by atoms with E-state index in [1.807, 2.05) is 54.3 Å². The van der Waals surface area contributed by atoms with E-state index in [1.165, 1.54) is 12.1 Å². The Hall–Kier alpha value is -4.27. The molecule has 3 aromatic carbocycles. The van der Waals surface area contributed by atoms with E-state index in [0.717, 1.165) is 51.6 Å². The first-order valence-corrected chi connectivity index (χ1v) is 13.1. The molecule has 5 rings (SSSR count). The number of alkyl halides is 3. The predicted octanol–water partition coefficient (Wildman–Crippen LogP) is 6.87. The zero-order chi connectivity index (χ0) is 28.3. The summed E-state index contributed by atoms with van der Waals surface area (Å²) in [6.07, 6.45) is -2.87. The highest BCUT2D eigenvalue weighted by Gasteiger charge is 2.30. The fraction of sp³-hybridized carbons (Fsp3) is 0.290. The van der Waals surface area contributed by atoms with Gasteiger partial charge >= 0.3 is 12.1 Å². The van der Waals surface area contributed by atoms with E-state index in [-0.39, 0.29) is 6.42 Å². The number of rotatable bonds is 9. The summed E-state index contributed by atoms with van der Waals surface area (Å²) in [6, 6.07) is 18.6. The molecule has 2 heterocycles. The number of anilines is 1. The molecule has 0 saturated carbocycles. The van der Waals surface area contributed by atoms with Gasteiger partial charge in [0.2, 0.25) is 5.89 Å². The van der Waals surface area contributed by atoms with Gasteiger partial charge in [-0.15, -0.1) is 0 Å². The minimum absolute atomic E-state index is 0.0118. The van der Waals surface area contributed by atoms with Gasteiger partial charge in [-0.2, -0.15) is 13.2 Å². The maximum Gasteiger partial charge on any atom is 0.416 e. The van der Waals surface area contributed by atoms with E-state index in [9.17, 15) is 23.1 Å². The number of hydrogen-bond donors (Lipinski definition) is 1. The highest BCUT2D eigenvalue weighted by Crippen LogP contribution is 2.35. The van der Waals surface area contributed by atoms with Crippen LogP contribution in [0.2, 0.25) is 0 Å². The Bertz CT molecular complexity index is 1480. The van der Waals surface area contributed by atoms with Crippen LogP contribution in [0.3, 0.4) is 0 Å². The molecule has 208 valence electrons. The number of carbonyl (C=O) groups is 1. The highest BCUT2D eigenvalue weighted by molar-refractivity contribution is 5.67. The van der Waals surface area contributed by atoms with Crippen LogP contribution in [0.15, 0.2) is 71.1 Å². The molecular weight excluding hydrogens is 521 g/mol. The summed E-state index contributed by atoms with van der Waals surface area (Å²) in [5.41, 5.74) is 4.60. The maximum absolute atomic E-state index is 13.0. The quantitative estimate of drug-likeness (QED) is 0.245. The van der Waals surface area contributed by atoms with Crippen molar-refractivity contribution in [2.24, 2.45) is 0 Å². The molecule has 0 fully saturated rings. The Labute approximate surface area is 230 Å². The van der Waals surface area contributed by atoms with Gasteiger partial charge in [0, 0.05) is 42.7 Å². The number of carboxylic acids is 1. The van der Waals surface area contributed by atoms with E-state index >= 15 is 0 Å². The van der Waals surface area contributed by atoms with Crippen molar-refractivity contribution >= 4 is 11.7 Å². The monoisotopic (exact) mass is 550 g/mol. The summed E-state index contributed by atoms with van der Waals surface area (Å²) in [6.45, 7) is 3.31.